The Balaban J connectivity index is 5.24. The lowest BCUT2D eigenvalue weighted by molar-refractivity contribution is -0.161. The van der Waals surface area contributed by atoms with Crippen molar-refractivity contribution < 1.29 is 80.2 Å². The topological polar surface area (TPSA) is 237 Å². The van der Waals surface area contributed by atoms with Gasteiger partial charge in [-0.1, -0.05) is 298 Å². The Morgan fingerprint density at radius 3 is 0.864 bits per heavy atom. The maximum Gasteiger partial charge on any atom is 0.472 e. The predicted octanol–water partition coefficient (Wildman–Crippen LogP) is 19.6. The van der Waals surface area contributed by atoms with E-state index in [9.17, 15) is 43.2 Å². The molecule has 3 unspecified atom stereocenters. The zero-order valence-electron chi connectivity index (χ0n) is 57.0. The Morgan fingerprint density at radius 1 is 0.330 bits per heavy atom. The summed E-state index contributed by atoms with van der Waals surface area (Å²) in [6.07, 6.45) is 45.6. The van der Waals surface area contributed by atoms with Crippen molar-refractivity contribution in [2.45, 2.75) is 368 Å². The summed E-state index contributed by atoms with van der Waals surface area (Å²) >= 11 is 0. The zero-order chi connectivity index (χ0) is 65.0. The molecule has 88 heavy (non-hydrogen) atoms. The van der Waals surface area contributed by atoms with Crippen molar-refractivity contribution in [3.05, 3.63) is 0 Å². The molecule has 19 heteroatoms. The normalized spacial score (nSPS) is 14.5. The third-order valence-electron chi connectivity index (χ3n) is 16.3. The lowest BCUT2D eigenvalue weighted by atomic mass is 9.99. The van der Waals surface area contributed by atoms with Crippen molar-refractivity contribution in [3.8, 4) is 0 Å². The second-order valence-corrected chi connectivity index (χ2v) is 28.5. The summed E-state index contributed by atoms with van der Waals surface area (Å²) in [6, 6.07) is 0. The van der Waals surface area contributed by atoms with E-state index in [1.165, 1.54) is 167 Å². The molecule has 0 bridgehead atoms. The van der Waals surface area contributed by atoms with Gasteiger partial charge in [0.2, 0.25) is 0 Å². The first-order chi connectivity index (χ1) is 42.4. The Kier molecular flexibility index (Phi) is 59.9. The number of rotatable bonds is 68. The van der Waals surface area contributed by atoms with Gasteiger partial charge in [-0.15, -0.1) is 0 Å². The van der Waals surface area contributed by atoms with E-state index >= 15 is 0 Å². The molecule has 0 rings (SSSR count). The van der Waals surface area contributed by atoms with Crippen LogP contribution in [0.4, 0.5) is 0 Å². The van der Waals surface area contributed by atoms with Crippen molar-refractivity contribution in [2.24, 2.45) is 11.8 Å². The minimum Gasteiger partial charge on any atom is -0.462 e. The molecule has 0 aromatic rings. The molecule has 0 heterocycles. The first kappa shape index (κ1) is 86.1. The minimum atomic E-state index is -4.95. The van der Waals surface area contributed by atoms with Gasteiger partial charge in [-0.25, -0.2) is 9.13 Å². The highest BCUT2D eigenvalue weighted by Crippen LogP contribution is 2.45. The zero-order valence-corrected chi connectivity index (χ0v) is 58.8. The Bertz CT molecular complexity index is 1720. The van der Waals surface area contributed by atoms with Gasteiger partial charge in [0.05, 0.1) is 26.4 Å². The van der Waals surface area contributed by atoms with Gasteiger partial charge in [0.1, 0.15) is 19.3 Å². The molecule has 0 saturated carbocycles. The number of aliphatic hydroxyl groups excluding tert-OH is 1. The van der Waals surface area contributed by atoms with Crippen LogP contribution in [0.1, 0.15) is 350 Å². The number of carbonyl (C=O) groups excluding carboxylic acids is 4. The van der Waals surface area contributed by atoms with Crippen LogP contribution < -0.4 is 0 Å². The summed E-state index contributed by atoms with van der Waals surface area (Å²) < 4.78 is 68.2. The fraction of sp³-hybridized carbons (Fsp3) is 0.942. The summed E-state index contributed by atoms with van der Waals surface area (Å²) in [5, 5.41) is 10.6. The molecule has 0 aromatic heterocycles. The van der Waals surface area contributed by atoms with E-state index in [0.717, 1.165) is 102 Å². The van der Waals surface area contributed by atoms with Gasteiger partial charge in [-0.3, -0.25) is 37.3 Å². The molecule has 0 aliphatic heterocycles. The van der Waals surface area contributed by atoms with Crippen molar-refractivity contribution in [1.29, 1.82) is 0 Å². The summed E-state index contributed by atoms with van der Waals surface area (Å²) in [4.78, 5) is 72.4. The Labute approximate surface area is 537 Å². The number of phosphoric acid groups is 2. The van der Waals surface area contributed by atoms with Crippen molar-refractivity contribution in [1.82, 2.24) is 0 Å². The van der Waals surface area contributed by atoms with Crippen molar-refractivity contribution in [2.75, 3.05) is 39.6 Å². The molecule has 0 spiro atoms. The van der Waals surface area contributed by atoms with E-state index in [0.29, 0.717) is 25.7 Å². The molecule has 0 aliphatic rings. The molecular formula is C69H134O17P2. The van der Waals surface area contributed by atoms with Gasteiger partial charge in [-0.2, -0.15) is 0 Å². The molecule has 522 valence electrons. The maximum absolute atomic E-state index is 13.0. The van der Waals surface area contributed by atoms with Crippen LogP contribution in [-0.4, -0.2) is 96.7 Å². The number of unbranched alkanes of at least 4 members (excludes halogenated alkanes) is 37. The van der Waals surface area contributed by atoms with E-state index in [1.807, 2.05) is 0 Å². The van der Waals surface area contributed by atoms with Crippen LogP contribution in [0.2, 0.25) is 0 Å². The van der Waals surface area contributed by atoms with Gasteiger partial charge in [0.15, 0.2) is 12.2 Å². The second-order valence-electron chi connectivity index (χ2n) is 25.6. The SMILES string of the molecule is CCCCCCCCCCCCC(=O)OC[C@H](COP(=O)(O)OC[C@H](O)COP(=O)(O)OC[C@@H](COC(=O)CCCCCCCCCCC(C)CC)OC(=O)CCCCCCCCCCCCCCCC(C)C)OC(=O)CCCCCCCCCCCC. The molecule has 17 nitrogen and oxygen atoms in total. The molecule has 0 amide bonds. The number of carbonyl (C=O) groups is 4. The van der Waals surface area contributed by atoms with Gasteiger partial charge >= 0.3 is 39.5 Å². The largest absolute Gasteiger partial charge is 0.472 e. The Morgan fingerprint density at radius 2 is 0.580 bits per heavy atom. The van der Waals surface area contributed by atoms with Crippen LogP contribution in [0.3, 0.4) is 0 Å². The molecule has 6 atom stereocenters. The van der Waals surface area contributed by atoms with E-state index in [2.05, 4.69) is 41.5 Å². The van der Waals surface area contributed by atoms with Gasteiger partial charge in [0.25, 0.3) is 0 Å². The average molecular weight is 1300 g/mol. The van der Waals surface area contributed by atoms with Crippen LogP contribution in [0.5, 0.6) is 0 Å². The summed E-state index contributed by atoms with van der Waals surface area (Å²) in [6.45, 7) is 9.54. The Hall–Kier alpha value is -1.94. The number of ether oxygens (including phenoxy) is 4. The van der Waals surface area contributed by atoms with Crippen LogP contribution in [0, 0.1) is 11.8 Å². The second kappa shape index (κ2) is 61.3. The first-order valence-corrected chi connectivity index (χ1v) is 39.0. The van der Waals surface area contributed by atoms with Crippen molar-refractivity contribution >= 4 is 39.5 Å². The van der Waals surface area contributed by atoms with Crippen LogP contribution >= 0.6 is 15.6 Å². The molecule has 0 fully saturated rings. The number of hydrogen-bond donors (Lipinski definition) is 3. The summed E-state index contributed by atoms with van der Waals surface area (Å²) in [7, 11) is -9.90. The monoisotopic (exact) mass is 1300 g/mol. The summed E-state index contributed by atoms with van der Waals surface area (Å²) in [5.74, 6) is -0.562. The van der Waals surface area contributed by atoms with Gasteiger partial charge < -0.3 is 33.8 Å². The molecule has 0 radical (unpaired) electrons. The highest BCUT2D eigenvalue weighted by molar-refractivity contribution is 7.47. The number of phosphoric ester groups is 2. The molecular weight excluding hydrogens is 1160 g/mol. The van der Waals surface area contributed by atoms with Crippen LogP contribution in [0.25, 0.3) is 0 Å². The fourth-order valence-electron chi connectivity index (χ4n) is 10.4. The fourth-order valence-corrected chi connectivity index (χ4v) is 12.0. The van der Waals surface area contributed by atoms with Crippen LogP contribution in [0.15, 0.2) is 0 Å². The highest BCUT2D eigenvalue weighted by atomic mass is 31.2. The summed E-state index contributed by atoms with van der Waals surface area (Å²) in [5.41, 5.74) is 0. The highest BCUT2D eigenvalue weighted by Gasteiger charge is 2.30. The number of esters is 4. The molecule has 3 N–H and O–H groups in total. The van der Waals surface area contributed by atoms with E-state index in [1.54, 1.807) is 0 Å². The van der Waals surface area contributed by atoms with E-state index < -0.39 is 97.5 Å². The number of aliphatic hydroxyl groups is 1. The first-order valence-electron chi connectivity index (χ1n) is 36.0. The predicted molar refractivity (Wildman–Crippen MR) is 354 cm³/mol. The maximum atomic E-state index is 13.0. The molecule has 0 aromatic carbocycles. The lowest BCUT2D eigenvalue weighted by Gasteiger charge is -2.21. The number of hydrogen-bond acceptors (Lipinski definition) is 15. The molecule has 0 aliphatic carbocycles. The molecule has 0 saturated heterocycles. The minimum absolute atomic E-state index is 0.106. The third-order valence-corrected chi connectivity index (χ3v) is 18.2. The van der Waals surface area contributed by atoms with E-state index in [-0.39, 0.29) is 25.7 Å². The smallest absolute Gasteiger partial charge is 0.462 e. The third kappa shape index (κ3) is 61.6. The van der Waals surface area contributed by atoms with Gasteiger partial charge in [0, 0.05) is 25.7 Å². The van der Waals surface area contributed by atoms with E-state index in [4.69, 9.17) is 37.0 Å². The standard InChI is InChI=1S/C69H134O17P2/c1-7-10-12-14-16-18-26-33-39-45-51-66(71)79-57-64(85-68(73)53-47-41-35-27-19-17-15-13-11-8-2)59-83-87(75,76)81-55-63(70)56-82-88(77,78)84-60-65(58-80-67(72)52-46-40-34-30-29-32-38-44-50-62(6)9-3)86-69(74)54-48-42-36-28-24-22-20-21-23-25-31-37-43-49-61(4)5/h61-65,70H,7-60H2,1-6H3,(H,75,76)(H,77,78)/t62?,63-,64+,65+/m0/s1. The quantitative estimate of drug-likeness (QED) is 0.0222. The average Bonchev–Trinajstić information content (AvgIpc) is 3.59. The van der Waals surface area contributed by atoms with Gasteiger partial charge in [-0.05, 0) is 37.5 Å². The van der Waals surface area contributed by atoms with Crippen molar-refractivity contribution in [3.63, 3.8) is 0 Å². The lowest BCUT2D eigenvalue weighted by Crippen LogP contribution is -2.30. The van der Waals surface area contributed by atoms with Crippen LogP contribution in [-0.2, 0) is 65.4 Å².